The highest BCUT2D eigenvalue weighted by Crippen LogP contribution is 2.42. The first-order chi connectivity index (χ1) is 14.2. The molecule has 3 heterocycles. The summed E-state index contributed by atoms with van der Waals surface area (Å²) >= 11 is 3.56. The van der Waals surface area contributed by atoms with E-state index in [1.165, 1.54) is 31.1 Å². The van der Waals surface area contributed by atoms with Crippen molar-refractivity contribution in [3.05, 3.63) is 39.1 Å². The van der Waals surface area contributed by atoms with Crippen molar-refractivity contribution in [1.82, 2.24) is 10.3 Å². The molecule has 0 spiro atoms. The van der Waals surface area contributed by atoms with E-state index in [1.54, 1.807) is 18.4 Å². The van der Waals surface area contributed by atoms with Crippen molar-refractivity contribution >= 4 is 38.7 Å². The number of hydrogen-bond donors (Lipinski definition) is 1. The maximum atomic E-state index is 12.7. The van der Waals surface area contributed by atoms with Gasteiger partial charge in [0.05, 0.1) is 10.2 Å². The molecule has 1 aliphatic rings. The predicted molar refractivity (Wildman–Crippen MR) is 122 cm³/mol. The van der Waals surface area contributed by atoms with Crippen LogP contribution < -0.4 is 5.32 Å². The number of Topliss-reactive ketones (excluding diaryl/α,β-unsaturated/α-hetero) is 1. The van der Waals surface area contributed by atoms with Crippen molar-refractivity contribution < 1.29 is 9.53 Å². The second kappa shape index (κ2) is 9.47. The lowest BCUT2D eigenvalue weighted by Crippen LogP contribution is -2.22. The highest BCUT2D eigenvalue weighted by atomic mass is 32.1. The Balaban J connectivity index is 1.59. The van der Waals surface area contributed by atoms with Crippen LogP contribution in [0.5, 0.6) is 0 Å². The summed E-state index contributed by atoms with van der Waals surface area (Å²) in [5, 5.41) is 4.55. The van der Waals surface area contributed by atoms with E-state index in [0.717, 1.165) is 55.9 Å². The number of hydrogen-bond acceptors (Lipinski definition) is 6. The lowest BCUT2D eigenvalue weighted by atomic mass is 10.00. The molecule has 1 aliphatic heterocycles. The van der Waals surface area contributed by atoms with Gasteiger partial charge in [-0.1, -0.05) is 12.5 Å². The van der Waals surface area contributed by atoms with Crippen LogP contribution in [-0.2, 0) is 28.9 Å². The Morgan fingerprint density at radius 3 is 3.00 bits per heavy atom. The van der Waals surface area contributed by atoms with Gasteiger partial charge in [-0.3, -0.25) is 4.79 Å². The molecular weight excluding hydrogens is 400 g/mol. The molecule has 0 radical (unpaired) electrons. The van der Waals surface area contributed by atoms with Gasteiger partial charge in [0.2, 0.25) is 0 Å². The third-order valence-electron chi connectivity index (χ3n) is 5.42. The molecule has 0 amide bonds. The summed E-state index contributed by atoms with van der Waals surface area (Å²) in [5.41, 5.74) is 4.95. The van der Waals surface area contributed by atoms with Gasteiger partial charge in [0.25, 0.3) is 0 Å². The van der Waals surface area contributed by atoms with E-state index in [0.29, 0.717) is 18.6 Å². The van der Waals surface area contributed by atoms with Crippen molar-refractivity contribution in [2.75, 3.05) is 20.3 Å². The zero-order valence-electron chi connectivity index (χ0n) is 17.2. The van der Waals surface area contributed by atoms with Crippen LogP contribution >= 0.6 is 22.7 Å². The van der Waals surface area contributed by atoms with Crippen LogP contribution in [0.2, 0.25) is 0 Å². The fourth-order valence-electron chi connectivity index (χ4n) is 3.92. The normalized spacial score (nSPS) is 13.7. The average Bonchev–Trinajstić information content (AvgIpc) is 3.27. The number of aromatic nitrogens is 1. The number of benzene rings is 1. The number of methoxy groups -OCH3 is 1. The van der Waals surface area contributed by atoms with Gasteiger partial charge < -0.3 is 10.1 Å². The largest absolute Gasteiger partial charge is 0.385 e. The van der Waals surface area contributed by atoms with Gasteiger partial charge >= 0.3 is 0 Å². The van der Waals surface area contributed by atoms with Crippen LogP contribution in [-0.4, -0.2) is 31.0 Å². The van der Waals surface area contributed by atoms with E-state index in [1.807, 2.05) is 11.3 Å². The summed E-state index contributed by atoms with van der Waals surface area (Å²) in [6, 6.07) is 6.46. The molecule has 0 aliphatic carbocycles. The van der Waals surface area contributed by atoms with Crippen molar-refractivity contribution in [1.29, 1.82) is 0 Å². The first kappa shape index (κ1) is 20.7. The Hall–Kier alpha value is -1.60. The molecule has 0 bridgehead atoms. The monoisotopic (exact) mass is 428 g/mol. The maximum Gasteiger partial charge on any atom is 0.138 e. The van der Waals surface area contributed by atoms with E-state index in [4.69, 9.17) is 9.72 Å². The van der Waals surface area contributed by atoms with Crippen molar-refractivity contribution in [3.8, 4) is 10.6 Å². The van der Waals surface area contributed by atoms with Crippen molar-refractivity contribution in [2.24, 2.45) is 0 Å². The number of fused-ring (bicyclic) bond motifs is 2. The van der Waals surface area contributed by atoms with Crippen LogP contribution in [0.1, 0.15) is 46.6 Å². The molecule has 0 atom stereocenters. The third kappa shape index (κ3) is 4.77. The van der Waals surface area contributed by atoms with E-state index in [-0.39, 0.29) is 0 Å². The number of unbranched alkanes of at least 4 members (excludes halogenated alkanes) is 2. The summed E-state index contributed by atoms with van der Waals surface area (Å²) in [7, 11) is 1.73. The van der Waals surface area contributed by atoms with E-state index in [2.05, 4.69) is 30.4 Å². The van der Waals surface area contributed by atoms with Crippen LogP contribution in [0.25, 0.3) is 20.8 Å². The third-order valence-corrected chi connectivity index (χ3v) is 7.71. The predicted octanol–water partition coefficient (Wildman–Crippen LogP) is 5.30. The van der Waals surface area contributed by atoms with E-state index in [9.17, 15) is 4.79 Å². The SMILES string of the molecule is COCCCCCC(=O)Cc1sc2c(c1-c1nc3cc(C)ccc3s1)CCNC2. The van der Waals surface area contributed by atoms with E-state index < -0.39 is 0 Å². The Morgan fingerprint density at radius 1 is 1.24 bits per heavy atom. The van der Waals surface area contributed by atoms with E-state index >= 15 is 0 Å². The molecule has 6 heteroatoms. The van der Waals surface area contributed by atoms with Gasteiger partial charge in [0.15, 0.2) is 0 Å². The summed E-state index contributed by atoms with van der Waals surface area (Å²) in [6.45, 7) is 4.78. The van der Waals surface area contributed by atoms with Gasteiger partial charge in [-0.15, -0.1) is 22.7 Å². The standard InChI is InChI=1S/C23H28N2O2S2/c1-15-7-8-19-18(12-15)25-23(29-19)22-17-9-10-24-14-21(17)28-20(22)13-16(26)6-4-3-5-11-27-2/h7-8,12,24H,3-6,9-11,13-14H2,1-2H3. The summed E-state index contributed by atoms with van der Waals surface area (Å²) in [4.78, 5) is 20.3. The van der Waals surface area contributed by atoms with Crippen LogP contribution in [0, 0.1) is 6.92 Å². The molecular formula is C23H28N2O2S2. The highest BCUT2D eigenvalue weighted by Gasteiger charge is 2.25. The Bertz CT molecular complexity index is 1010. The number of thiazole rings is 1. The molecule has 29 heavy (non-hydrogen) atoms. The number of rotatable bonds is 9. The lowest BCUT2D eigenvalue weighted by molar-refractivity contribution is -0.118. The zero-order chi connectivity index (χ0) is 20.2. The minimum Gasteiger partial charge on any atom is -0.385 e. The quantitative estimate of drug-likeness (QED) is 0.470. The first-order valence-electron chi connectivity index (χ1n) is 10.4. The zero-order valence-corrected chi connectivity index (χ0v) is 18.8. The van der Waals surface area contributed by atoms with Gasteiger partial charge in [0.1, 0.15) is 10.8 Å². The number of carbonyl (C=O) groups is 1. The van der Waals surface area contributed by atoms with Crippen LogP contribution in [0.4, 0.5) is 0 Å². The fraction of sp³-hybridized carbons (Fsp3) is 0.478. The smallest absolute Gasteiger partial charge is 0.138 e. The number of thiophene rings is 1. The van der Waals surface area contributed by atoms with Gasteiger partial charge in [-0.25, -0.2) is 4.98 Å². The number of nitrogens with zero attached hydrogens (tertiary/aromatic N) is 1. The Morgan fingerprint density at radius 2 is 2.14 bits per heavy atom. The van der Waals surface area contributed by atoms with Crippen LogP contribution in [0.15, 0.2) is 18.2 Å². The Kier molecular flexibility index (Phi) is 6.75. The number of ether oxygens (including phenoxy) is 1. The number of carbonyl (C=O) groups excluding carboxylic acids is 1. The summed E-state index contributed by atoms with van der Waals surface area (Å²) in [6.07, 6.45) is 5.23. The Labute approximate surface area is 180 Å². The molecule has 2 aromatic heterocycles. The van der Waals surface area contributed by atoms with Gasteiger partial charge in [-0.2, -0.15) is 0 Å². The minimum absolute atomic E-state index is 0.340. The first-order valence-corrected chi connectivity index (χ1v) is 12.0. The molecule has 0 saturated heterocycles. The molecule has 0 fully saturated rings. The summed E-state index contributed by atoms with van der Waals surface area (Å²) in [5.74, 6) is 0.340. The molecule has 4 rings (SSSR count). The topological polar surface area (TPSA) is 51.2 Å². The van der Waals surface area contributed by atoms with Gasteiger partial charge in [0, 0.05) is 48.4 Å². The minimum atomic E-state index is 0.340. The molecule has 0 unspecified atom stereocenters. The van der Waals surface area contributed by atoms with Crippen LogP contribution in [0.3, 0.4) is 0 Å². The second-order valence-electron chi connectivity index (χ2n) is 7.74. The lowest BCUT2D eigenvalue weighted by Gasteiger charge is -2.13. The molecule has 1 N–H and O–H groups in total. The molecule has 154 valence electrons. The number of nitrogens with one attached hydrogen (secondary N) is 1. The number of ketones is 1. The highest BCUT2D eigenvalue weighted by molar-refractivity contribution is 7.22. The number of aryl methyl sites for hydroxylation is 1. The molecule has 0 saturated carbocycles. The molecule has 4 nitrogen and oxygen atoms in total. The summed E-state index contributed by atoms with van der Waals surface area (Å²) < 4.78 is 6.31. The van der Waals surface area contributed by atoms with Crippen molar-refractivity contribution in [3.63, 3.8) is 0 Å². The fourth-order valence-corrected chi connectivity index (χ4v) is 6.39. The molecule has 3 aromatic rings. The second-order valence-corrected chi connectivity index (χ2v) is 9.96. The van der Waals surface area contributed by atoms with Crippen molar-refractivity contribution in [2.45, 2.75) is 52.0 Å². The molecule has 1 aromatic carbocycles. The average molecular weight is 429 g/mol. The maximum absolute atomic E-state index is 12.7. The van der Waals surface area contributed by atoms with Gasteiger partial charge in [-0.05, 0) is 56.0 Å².